The first-order valence-corrected chi connectivity index (χ1v) is 10.1. The van der Waals surface area contributed by atoms with Crippen LogP contribution in [0.3, 0.4) is 0 Å². The summed E-state index contributed by atoms with van der Waals surface area (Å²) in [6.07, 6.45) is 2.18. The van der Waals surface area contributed by atoms with E-state index in [2.05, 4.69) is 10.3 Å². The van der Waals surface area contributed by atoms with Crippen molar-refractivity contribution in [3.63, 3.8) is 0 Å². The third-order valence-electron chi connectivity index (χ3n) is 4.92. The number of para-hydroxylation sites is 1. The minimum absolute atomic E-state index is 0.190. The van der Waals surface area contributed by atoms with E-state index < -0.39 is 12.0 Å². The zero-order valence-corrected chi connectivity index (χ0v) is 16.9. The van der Waals surface area contributed by atoms with Gasteiger partial charge in [-0.3, -0.25) is 9.78 Å². The van der Waals surface area contributed by atoms with Gasteiger partial charge in [0.25, 0.3) is 0 Å². The Balaban J connectivity index is 1.54. The molecule has 4 aromatic rings. The molecule has 5 nitrogen and oxygen atoms in total. The summed E-state index contributed by atoms with van der Waals surface area (Å²) in [5.41, 5.74) is 2.41. The van der Waals surface area contributed by atoms with E-state index in [0.29, 0.717) is 17.7 Å². The van der Waals surface area contributed by atoms with Gasteiger partial charge in [-0.15, -0.1) is 0 Å². The smallest absolute Gasteiger partial charge is 0.334 e. The molecule has 1 aromatic heterocycles. The third kappa shape index (κ3) is 5.34. The molecular weight excluding hydrogens is 388 g/mol. The number of aromatic nitrogens is 1. The van der Waals surface area contributed by atoms with Crippen LogP contribution in [0.1, 0.15) is 11.1 Å². The maximum atomic E-state index is 13.1. The molecule has 4 rings (SSSR count). The molecule has 0 radical (unpaired) electrons. The minimum Gasteiger partial charge on any atom is -0.423 e. The monoisotopic (exact) mass is 410 g/mol. The highest BCUT2D eigenvalue weighted by Gasteiger charge is 2.24. The molecule has 3 aromatic carbocycles. The number of pyridine rings is 1. The van der Waals surface area contributed by atoms with Crippen LogP contribution in [0.5, 0.6) is 5.75 Å². The van der Waals surface area contributed by atoms with Crippen molar-refractivity contribution in [3.05, 3.63) is 108 Å². The van der Waals surface area contributed by atoms with E-state index >= 15 is 0 Å². The summed E-state index contributed by atoms with van der Waals surface area (Å²) in [6, 6.07) is 27.3. The number of esters is 1. The highest BCUT2D eigenvalue weighted by molar-refractivity contribution is 5.90. The molecule has 0 spiro atoms. The van der Waals surface area contributed by atoms with Crippen molar-refractivity contribution in [2.24, 2.45) is 0 Å². The van der Waals surface area contributed by atoms with E-state index in [9.17, 15) is 9.59 Å². The van der Waals surface area contributed by atoms with E-state index in [1.54, 1.807) is 12.3 Å². The number of hydrogen-bond donors (Lipinski definition) is 1. The number of carbonyl (C=O) groups excluding carboxylic acids is 2. The maximum Gasteiger partial charge on any atom is 0.334 e. The van der Waals surface area contributed by atoms with E-state index in [-0.39, 0.29) is 12.3 Å². The average molecular weight is 410 g/mol. The molecule has 154 valence electrons. The van der Waals surface area contributed by atoms with Crippen molar-refractivity contribution < 1.29 is 14.3 Å². The number of benzene rings is 3. The van der Waals surface area contributed by atoms with Gasteiger partial charge in [-0.05, 0) is 23.3 Å². The molecule has 1 unspecified atom stereocenters. The molecule has 1 atom stereocenters. The summed E-state index contributed by atoms with van der Waals surface area (Å²) >= 11 is 0. The molecule has 31 heavy (non-hydrogen) atoms. The number of rotatable bonds is 7. The molecule has 0 fully saturated rings. The second kappa shape index (κ2) is 9.67. The normalized spacial score (nSPS) is 11.6. The Kier molecular flexibility index (Phi) is 6.33. The number of fused-ring (bicyclic) bond motifs is 1. The Bertz CT molecular complexity index is 1170. The van der Waals surface area contributed by atoms with Crippen LogP contribution in [0.15, 0.2) is 97.2 Å². The van der Waals surface area contributed by atoms with Gasteiger partial charge in [-0.25, -0.2) is 4.79 Å². The second-order valence-corrected chi connectivity index (χ2v) is 7.22. The number of nitrogens with zero attached hydrogens (tertiary/aromatic N) is 1. The Labute approximate surface area is 180 Å². The molecule has 0 aliphatic rings. The molecule has 1 N–H and O–H groups in total. The van der Waals surface area contributed by atoms with Gasteiger partial charge in [0.15, 0.2) is 5.75 Å². The average Bonchev–Trinajstić information content (AvgIpc) is 2.80. The van der Waals surface area contributed by atoms with Crippen molar-refractivity contribution in [1.82, 2.24) is 10.3 Å². The number of nitrogens with one attached hydrogen (secondary N) is 1. The Morgan fingerprint density at radius 2 is 1.48 bits per heavy atom. The van der Waals surface area contributed by atoms with E-state index in [0.717, 1.165) is 16.5 Å². The van der Waals surface area contributed by atoms with Gasteiger partial charge in [0.2, 0.25) is 5.91 Å². The summed E-state index contributed by atoms with van der Waals surface area (Å²) in [5, 5.41) is 3.72. The summed E-state index contributed by atoms with van der Waals surface area (Å²) in [6.45, 7) is 0. The van der Waals surface area contributed by atoms with Crippen LogP contribution in [0.25, 0.3) is 10.9 Å². The zero-order valence-electron chi connectivity index (χ0n) is 16.9. The zero-order chi connectivity index (χ0) is 21.5. The second-order valence-electron chi connectivity index (χ2n) is 7.22. The van der Waals surface area contributed by atoms with E-state index in [1.165, 1.54) is 0 Å². The van der Waals surface area contributed by atoms with Gasteiger partial charge in [-0.1, -0.05) is 78.9 Å². The van der Waals surface area contributed by atoms with Crippen LogP contribution in [0.4, 0.5) is 0 Å². The number of ether oxygens (including phenoxy) is 1. The fourth-order valence-electron chi connectivity index (χ4n) is 3.41. The van der Waals surface area contributed by atoms with Gasteiger partial charge in [0.05, 0.1) is 6.42 Å². The summed E-state index contributed by atoms with van der Waals surface area (Å²) < 4.78 is 5.70. The van der Waals surface area contributed by atoms with Gasteiger partial charge in [0.1, 0.15) is 11.6 Å². The van der Waals surface area contributed by atoms with Gasteiger partial charge < -0.3 is 10.1 Å². The molecule has 1 amide bonds. The predicted octanol–water partition coefficient (Wildman–Crippen LogP) is 4.11. The third-order valence-corrected chi connectivity index (χ3v) is 4.92. The molecule has 1 heterocycles. The Morgan fingerprint density at radius 3 is 2.23 bits per heavy atom. The predicted molar refractivity (Wildman–Crippen MR) is 120 cm³/mol. The molecule has 0 saturated carbocycles. The lowest BCUT2D eigenvalue weighted by Crippen LogP contribution is -2.45. The number of carbonyl (C=O) groups is 2. The van der Waals surface area contributed by atoms with Crippen molar-refractivity contribution in [1.29, 1.82) is 0 Å². The molecule has 0 aliphatic carbocycles. The number of hydrogen-bond acceptors (Lipinski definition) is 4. The van der Waals surface area contributed by atoms with Crippen LogP contribution < -0.4 is 10.1 Å². The summed E-state index contributed by atoms with van der Waals surface area (Å²) in [5.74, 6) is -0.387. The van der Waals surface area contributed by atoms with Crippen LogP contribution >= 0.6 is 0 Å². The van der Waals surface area contributed by atoms with Gasteiger partial charge in [0, 0.05) is 18.0 Å². The SMILES string of the molecule is O=C(Cc1ccccc1)NC(Cc1ccccc1)C(=O)Oc1cccc2cccnc12. The van der Waals surface area contributed by atoms with Crippen molar-refractivity contribution >= 4 is 22.8 Å². The lowest BCUT2D eigenvalue weighted by atomic mass is 10.1. The van der Waals surface area contributed by atoms with E-state index in [4.69, 9.17) is 4.74 Å². The van der Waals surface area contributed by atoms with Gasteiger partial charge in [-0.2, -0.15) is 0 Å². The first-order valence-electron chi connectivity index (χ1n) is 10.1. The molecule has 0 bridgehead atoms. The molecule has 5 heteroatoms. The van der Waals surface area contributed by atoms with Crippen LogP contribution in [-0.2, 0) is 22.4 Å². The Morgan fingerprint density at radius 1 is 0.806 bits per heavy atom. The van der Waals surface area contributed by atoms with Crippen molar-refractivity contribution in [3.8, 4) is 5.75 Å². The fraction of sp³-hybridized carbons (Fsp3) is 0.115. The van der Waals surface area contributed by atoms with E-state index in [1.807, 2.05) is 84.9 Å². The van der Waals surface area contributed by atoms with Crippen molar-refractivity contribution in [2.75, 3.05) is 0 Å². The quantitative estimate of drug-likeness (QED) is 0.368. The minimum atomic E-state index is -0.822. The van der Waals surface area contributed by atoms with Gasteiger partial charge >= 0.3 is 5.97 Å². The van der Waals surface area contributed by atoms with Crippen LogP contribution in [-0.4, -0.2) is 22.9 Å². The fourth-order valence-corrected chi connectivity index (χ4v) is 3.41. The number of amides is 1. The molecule has 0 aliphatic heterocycles. The lowest BCUT2D eigenvalue weighted by molar-refractivity contribution is -0.139. The Hall–Kier alpha value is -3.99. The van der Waals surface area contributed by atoms with Crippen LogP contribution in [0.2, 0.25) is 0 Å². The maximum absolute atomic E-state index is 13.1. The lowest BCUT2D eigenvalue weighted by Gasteiger charge is -2.18. The topological polar surface area (TPSA) is 68.3 Å². The first-order chi connectivity index (χ1) is 15.2. The highest BCUT2D eigenvalue weighted by atomic mass is 16.5. The highest BCUT2D eigenvalue weighted by Crippen LogP contribution is 2.23. The standard InChI is InChI=1S/C26H22N2O3/c29-24(18-20-11-5-2-6-12-20)28-22(17-19-9-3-1-4-10-19)26(30)31-23-15-7-13-21-14-8-16-27-25(21)23/h1-16,22H,17-18H2,(H,28,29). The molecular formula is C26H22N2O3. The summed E-state index contributed by atoms with van der Waals surface area (Å²) in [4.78, 5) is 30.1. The first kappa shape index (κ1) is 20.3. The van der Waals surface area contributed by atoms with Crippen LogP contribution in [0, 0.1) is 0 Å². The van der Waals surface area contributed by atoms with Crippen molar-refractivity contribution in [2.45, 2.75) is 18.9 Å². The largest absolute Gasteiger partial charge is 0.423 e. The molecule has 0 saturated heterocycles. The summed E-state index contributed by atoms with van der Waals surface area (Å²) in [7, 11) is 0.